The molecule has 13 heavy (non-hydrogen) atoms. The number of aliphatic imine (C=N–C) groups is 1. The molecule has 3 nitrogen and oxygen atoms in total. The van der Waals surface area contributed by atoms with Gasteiger partial charge in [-0.1, -0.05) is 22.5 Å². The van der Waals surface area contributed by atoms with Gasteiger partial charge in [-0.2, -0.15) is 11.8 Å². The molecule has 1 saturated heterocycles. The molecule has 0 aromatic carbocycles. The number of halogens is 1. The van der Waals surface area contributed by atoms with Crippen molar-refractivity contribution in [3.8, 4) is 0 Å². The Kier molecular flexibility index (Phi) is 4.66. The maximum Gasteiger partial charge on any atom is 0.191 e. The smallest absolute Gasteiger partial charge is 0.191 e. The van der Waals surface area contributed by atoms with E-state index in [1.165, 1.54) is 0 Å². The molecule has 5 heteroatoms. The van der Waals surface area contributed by atoms with Gasteiger partial charge in [-0.3, -0.25) is 0 Å². The molecule has 0 aromatic heterocycles. The van der Waals surface area contributed by atoms with Gasteiger partial charge in [0.15, 0.2) is 5.96 Å². The van der Waals surface area contributed by atoms with Crippen LogP contribution in [0, 0.1) is 0 Å². The maximum absolute atomic E-state index is 5.80. The second-order valence-electron chi connectivity index (χ2n) is 2.79. The van der Waals surface area contributed by atoms with Gasteiger partial charge in [0.1, 0.15) is 0 Å². The summed E-state index contributed by atoms with van der Waals surface area (Å²) in [5.41, 5.74) is 5.80. The molecule has 2 N–H and O–H groups in total. The van der Waals surface area contributed by atoms with Crippen molar-refractivity contribution < 1.29 is 0 Å². The average Bonchev–Trinajstić information content (AvgIpc) is 2.15. The second-order valence-corrected chi connectivity index (χ2v) is 5.14. The lowest BCUT2D eigenvalue weighted by atomic mass is 10.5. The highest BCUT2D eigenvalue weighted by atomic mass is 79.9. The molecule has 0 amide bonds. The van der Waals surface area contributed by atoms with Crippen LogP contribution in [0.25, 0.3) is 0 Å². The zero-order chi connectivity index (χ0) is 9.68. The van der Waals surface area contributed by atoms with Crippen LogP contribution < -0.4 is 5.73 Å². The predicted molar refractivity (Wildman–Crippen MR) is 63.5 cm³/mol. The highest BCUT2D eigenvalue weighted by Gasteiger charge is 2.11. The van der Waals surface area contributed by atoms with Gasteiger partial charge in [0.25, 0.3) is 0 Å². The third kappa shape index (κ3) is 4.04. The molecule has 0 unspecified atom stereocenters. The fraction of sp³-hybridized carbons (Fsp3) is 0.625. The second kappa shape index (κ2) is 5.54. The molecule has 0 saturated carbocycles. The number of hydrogen-bond donors (Lipinski definition) is 1. The number of rotatable bonds is 2. The Hall–Kier alpha value is -0.160. The largest absolute Gasteiger partial charge is 0.370 e. The first-order chi connectivity index (χ1) is 6.20. The van der Waals surface area contributed by atoms with Crippen LogP contribution in [-0.4, -0.2) is 42.0 Å². The Labute approximate surface area is 91.6 Å². The van der Waals surface area contributed by atoms with Gasteiger partial charge in [0, 0.05) is 29.1 Å². The van der Waals surface area contributed by atoms with Crippen LogP contribution >= 0.6 is 27.7 Å². The van der Waals surface area contributed by atoms with Crippen molar-refractivity contribution in [3.05, 3.63) is 11.1 Å². The van der Waals surface area contributed by atoms with Gasteiger partial charge in [0.05, 0.1) is 6.54 Å². The van der Waals surface area contributed by atoms with Gasteiger partial charge in [-0.25, -0.2) is 4.99 Å². The van der Waals surface area contributed by atoms with Crippen molar-refractivity contribution in [1.29, 1.82) is 0 Å². The van der Waals surface area contributed by atoms with Gasteiger partial charge in [0.2, 0.25) is 0 Å². The van der Waals surface area contributed by atoms with E-state index in [9.17, 15) is 0 Å². The molecule has 0 spiro atoms. The van der Waals surface area contributed by atoms with Crippen LogP contribution in [0.1, 0.15) is 0 Å². The third-order valence-electron chi connectivity index (χ3n) is 1.75. The van der Waals surface area contributed by atoms with Crippen LogP contribution in [0.4, 0.5) is 0 Å². The maximum atomic E-state index is 5.80. The molecule has 1 heterocycles. The van der Waals surface area contributed by atoms with Gasteiger partial charge >= 0.3 is 0 Å². The lowest BCUT2D eigenvalue weighted by Crippen LogP contribution is -2.42. The average molecular weight is 264 g/mol. The minimum Gasteiger partial charge on any atom is -0.370 e. The lowest BCUT2D eigenvalue weighted by Gasteiger charge is -2.27. The number of guanidine groups is 1. The van der Waals surface area contributed by atoms with E-state index >= 15 is 0 Å². The van der Waals surface area contributed by atoms with Crippen LogP contribution in [0.5, 0.6) is 0 Å². The van der Waals surface area contributed by atoms with Crippen molar-refractivity contribution >= 4 is 33.7 Å². The molecule has 74 valence electrons. The van der Waals surface area contributed by atoms with E-state index in [-0.39, 0.29) is 0 Å². The Bertz CT molecular complexity index is 211. The first-order valence-electron chi connectivity index (χ1n) is 4.16. The Balaban J connectivity index is 2.39. The minimum atomic E-state index is 0.565. The Morgan fingerprint density at radius 2 is 2.15 bits per heavy atom. The van der Waals surface area contributed by atoms with Crippen LogP contribution in [0.15, 0.2) is 16.1 Å². The molecule has 0 radical (unpaired) electrons. The van der Waals surface area contributed by atoms with E-state index in [0.29, 0.717) is 12.5 Å². The quantitative estimate of drug-likeness (QED) is 0.603. The summed E-state index contributed by atoms with van der Waals surface area (Å²) in [5.74, 6) is 2.93. The standard InChI is InChI=1S/C8H14BrN3S/c1-7(9)6-11-8(10)12-2-4-13-5-3-12/h1-6H2,(H2,10,11). The highest BCUT2D eigenvalue weighted by molar-refractivity contribution is 9.11. The van der Waals surface area contributed by atoms with Crippen molar-refractivity contribution in [2.24, 2.45) is 10.7 Å². The molecule has 1 aliphatic rings. The molecule has 0 aromatic rings. The molecule has 0 bridgehead atoms. The Morgan fingerprint density at radius 1 is 1.54 bits per heavy atom. The Morgan fingerprint density at radius 3 is 2.69 bits per heavy atom. The minimum absolute atomic E-state index is 0.565. The number of nitrogens with zero attached hydrogens (tertiary/aromatic N) is 2. The molecule has 1 fully saturated rings. The van der Waals surface area contributed by atoms with Crippen LogP contribution in [0.3, 0.4) is 0 Å². The number of thioether (sulfide) groups is 1. The first kappa shape index (κ1) is 10.9. The van der Waals surface area contributed by atoms with Gasteiger partial charge in [-0.05, 0) is 0 Å². The summed E-state index contributed by atoms with van der Waals surface area (Å²) in [6.45, 7) is 6.29. The fourth-order valence-electron chi connectivity index (χ4n) is 1.06. The van der Waals surface area contributed by atoms with Crippen molar-refractivity contribution in [2.75, 3.05) is 31.1 Å². The first-order valence-corrected chi connectivity index (χ1v) is 6.11. The normalized spacial score (nSPS) is 18.8. The van der Waals surface area contributed by atoms with E-state index in [1.54, 1.807) is 0 Å². The SMILES string of the molecule is C=C(Br)CN=C(N)N1CCSCC1. The van der Waals surface area contributed by atoms with Crippen molar-refractivity contribution in [3.63, 3.8) is 0 Å². The van der Waals surface area contributed by atoms with E-state index in [1.807, 2.05) is 11.8 Å². The van der Waals surface area contributed by atoms with E-state index in [4.69, 9.17) is 5.73 Å². The van der Waals surface area contributed by atoms with Gasteiger partial charge in [-0.15, -0.1) is 0 Å². The molecular weight excluding hydrogens is 250 g/mol. The van der Waals surface area contributed by atoms with E-state index in [2.05, 4.69) is 32.4 Å². The number of nitrogens with two attached hydrogens (primary N) is 1. The van der Waals surface area contributed by atoms with Crippen LogP contribution in [-0.2, 0) is 0 Å². The summed E-state index contributed by atoms with van der Waals surface area (Å²) >= 11 is 5.21. The summed E-state index contributed by atoms with van der Waals surface area (Å²) in [4.78, 5) is 6.33. The van der Waals surface area contributed by atoms with Gasteiger partial charge < -0.3 is 10.6 Å². The topological polar surface area (TPSA) is 41.6 Å². The predicted octanol–water partition coefficient (Wildman–Crippen LogP) is 1.26. The fourth-order valence-corrected chi connectivity index (χ4v) is 2.09. The molecular formula is C8H14BrN3S. The summed E-state index contributed by atoms with van der Waals surface area (Å²) in [7, 11) is 0. The van der Waals surface area contributed by atoms with Crippen molar-refractivity contribution in [2.45, 2.75) is 0 Å². The van der Waals surface area contributed by atoms with Crippen molar-refractivity contribution in [1.82, 2.24) is 4.90 Å². The summed E-state index contributed by atoms with van der Waals surface area (Å²) in [6.07, 6.45) is 0. The van der Waals surface area contributed by atoms with Crippen LogP contribution in [0.2, 0.25) is 0 Å². The number of hydrogen-bond acceptors (Lipinski definition) is 2. The summed E-state index contributed by atoms with van der Waals surface area (Å²) in [5, 5.41) is 0. The lowest BCUT2D eigenvalue weighted by molar-refractivity contribution is 0.456. The zero-order valence-corrected chi connectivity index (χ0v) is 9.90. The molecule has 1 rings (SSSR count). The monoisotopic (exact) mass is 263 g/mol. The third-order valence-corrected chi connectivity index (χ3v) is 2.94. The van der Waals surface area contributed by atoms with E-state index < -0.39 is 0 Å². The highest BCUT2D eigenvalue weighted by Crippen LogP contribution is 2.09. The summed E-state index contributed by atoms with van der Waals surface area (Å²) < 4.78 is 0.863. The summed E-state index contributed by atoms with van der Waals surface area (Å²) in [6, 6.07) is 0. The molecule has 0 atom stereocenters. The molecule has 1 aliphatic heterocycles. The molecule has 0 aliphatic carbocycles. The zero-order valence-electron chi connectivity index (χ0n) is 7.50. The van der Waals surface area contributed by atoms with E-state index in [0.717, 1.165) is 29.1 Å².